The van der Waals surface area contributed by atoms with Crippen molar-refractivity contribution < 1.29 is 0 Å². The molecule has 112 valence electrons. The summed E-state index contributed by atoms with van der Waals surface area (Å²) in [6.07, 6.45) is 5.55. The molecule has 0 bridgehead atoms. The first-order valence-electron chi connectivity index (χ1n) is 7.31. The smallest absolute Gasteiger partial charge is 0.0554 e. The van der Waals surface area contributed by atoms with Crippen LogP contribution in [-0.4, -0.2) is 0 Å². The van der Waals surface area contributed by atoms with Gasteiger partial charge >= 0.3 is 0 Å². The monoisotopic (exact) mass is 349 g/mol. The Balaban J connectivity index is 1.84. The molecule has 0 fully saturated rings. The fraction of sp³-hybridized carbons (Fsp3) is 0.222. The molecular weight excluding hydrogens is 337 g/mol. The molecule has 3 atom stereocenters. The van der Waals surface area contributed by atoms with Crippen LogP contribution in [-0.2, 0) is 0 Å². The molecule has 22 heavy (non-hydrogen) atoms. The van der Waals surface area contributed by atoms with E-state index in [0.29, 0.717) is 16.9 Å². The number of halogens is 3. The highest BCUT2D eigenvalue weighted by atomic mass is 35.5. The fourth-order valence-electron chi connectivity index (χ4n) is 3.67. The maximum absolute atomic E-state index is 6.45. The Kier molecular flexibility index (Phi) is 3.60. The quantitative estimate of drug-likeness (QED) is 0.581. The van der Waals surface area contributed by atoms with Gasteiger partial charge in [0.2, 0.25) is 0 Å². The standard InChI is InChI=1S/C18H14Cl3N/c19-11-4-1-3-10(7-11)18-14-6-2-5-13(14)17-15(21)8-12(20)9-16(17)22-18/h1-5,7-9,13-14,18,22H,6H2/t13-,14-,18+/m1/s1. The minimum atomic E-state index is 0.209. The van der Waals surface area contributed by atoms with Crippen molar-refractivity contribution in [1.29, 1.82) is 0 Å². The number of anilines is 1. The number of allylic oxidation sites excluding steroid dienone is 2. The van der Waals surface area contributed by atoms with Crippen LogP contribution in [0.25, 0.3) is 0 Å². The molecule has 2 aromatic rings. The lowest BCUT2D eigenvalue weighted by atomic mass is 9.77. The highest BCUT2D eigenvalue weighted by Gasteiger charge is 2.39. The fourth-order valence-corrected chi connectivity index (χ4v) is 4.49. The third kappa shape index (κ3) is 2.32. The lowest BCUT2D eigenvalue weighted by molar-refractivity contribution is 0.426. The van der Waals surface area contributed by atoms with Crippen LogP contribution in [0.4, 0.5) is 5.69 Å². The average Bonchev–Trinajstić information content (AvgIpc) is 2.94. The first kappa shape index (κ1) is 14.4. The first-order chi connectivity index (χ1) is 10.6. The minimum absolute atomic E-state index is 0.209. The number of rotatable bonds is 1. The van der Waals surface area contributed by atoms with E-state index in [4.69, 9.17) is 34.8 Å². The number of nitrogens with one attached hydrogen (secondary N) is 1. The van der Waals surface area contributed by atoms with E-state index in [9.17, 15) is 0 Å². The molecule has 4 rings (SSSR count). The molecule has 0 amide bonds. The van der Waals surface area contributed by atoms with Gasteiger partial charge < -0.3 is 5.32 Å². The van der Waals surface area contributed by atoms with E-state index in [2.05, 4.69) is 23.5 Å². The van der Waals surface area contributed by atoms with Crippen molar-refractivity contribution in [2.75, 3.05) is 5.32 Å². The zero-order valence-corrected chi connectivity index (χ0v) is 14.0. The number of hydrogen-bond donors (Lipinski definition) is 1. The SMILES string of the molecule is Clc1cccc([C@@H]2Nc3cc(Cl)cc(Cl)c3[C@@H]3C=CC[C@H]32)c1. The molecule has 1 nitrogen and oxygen atoms in total. The van der Waals surface area contributed by atoms with Gasteiger partial charge in [-0.3, -0.25) is 0 Å². The summed E-state index contributed by atoms with van der Waals surface area (Å²) >= 11 is 18.8. The maximum Gasteiger partial charge on any atom is 0.0554 e. The number of fused-ring (bicyclic) bond motifs is 3. The number of benzene rings is 2. The van der Waals surface area contributed by atoms with Gasteiger partial charge in [0, 0.05) is 32.2 Å². The minimum Gasteiger partial charge on any atom is -0.378 e. The van der Waals surface area contributed by atoms with E-state index in [1.54, 1.807) is 0 Å². The van der Waals surface area contributed by atoms with Gasteiger partial charge in [0.1, 0.15) is 0 Å². The molecule has 0 unspecified atom stereocenters. The molecule has 0 saturated heterocycles. The normalized spacial score (nSPS) is 25.5. The van der Waals surface area contributed by atoms with Crippen molar-refractivity contribution in [1.82, 2.24) is 0 Å². The molecule has 1 aliphatic heterocycles. The molecule has 2 aliphatic rings. The summed E-state index contributed by atoms with van der Waals surface area (Å²) in [7, 11) is 0. The average molecular weight is 351 g/mol. The first-order valence-corrected chi connectivity index (χ1v) is 8.44. The Morgan fingerprint density at radius 3 is 2.68 bits per heavy atom. The Labute approximate surface area is 144 Å². The molecule has 0 aromatic heterocycles. The van der Waals surface area contributed by atoms with Crippen molar-refractivity contribution in [3.63, 3.8) is 0 Å². The van der Waals surface area contributed by atoms with Gasteiger partial charge in [0.05, 0.1) is 6.04 Å². The van der Waals surface area contributed by atoms with Gasteiger partial charge in [0.15, 0.2) is 0 Å². The molecule has 0 radical (unpaired) electrons. The Morgan fingerprint density at radius 2 is 1.86 bits per heavy atom. The summed E-state index contributed by atoms with van der Waals surface area (Å²) in [4.78, 5) is 0. The van der Waals surface area contributed by atoms with Crippen molar-refractivity contribution in [2.24, 2.45) is 5.92 Å². The van der Waals surface area contributed by atoms with E-state index in [1.807, 2.05) is 30.3 Å². The Hall–Kier alpha value is -1.15. The summed E-state index contributed by atoms with van der Waals surface area (Å²) in [5.41, 5.74) is 3.38. The predicted molar refractivity (Wildman–Crippen MR) is 94.3 cm³/mol. The number of hydrogen-bond acceptors (Lipinski definition) is 1. The van der Waals surface area contributed by atoms with Gasteiger partial charge in [-0.1, -0.05) is 59.1 Å². The van der Waals surface area contributed by atoms with E-state index >= 15 is 0 Å². The Bertz CT molecular complexity index is 769. The van der Waals surface area contributed by atoms with Crippen LogP contribution in [0.15, 0.2) is 48.6 Å². The topological polar surface area (TPSA) is 12.0 Å². The predicted octanol–water partition coefficient (Wildman–Crippen LogP) is 6.47. The molecular formula is C18H14Cl3N. The molecule has 2 aromatic carbocycles. The summed E-state index contributed by atoms with van der Waals surface area (Å²) in [5, 5.41) is 5.78. The molecule has 1 aliphatic carbocycles. The van der Waals surface area contributed by atoms with Gasteiger partial charge in [-0.15, -0.1) is 0 Å². The van der Waals surface area contributed by atoms with Crippen LogP contribution in [0.2, 0.25) is 15.1 Å². The van der Waals surface area contributed by atoms with Gasteiger partial charge in [0.25, 0.3) is 0 Å². The molecule has 0 spiro atoms. The van der Waals surface area contributed by atoms with E-state index in [-0.39, 0.29) is 6.04 Å². The van der Waals surface area contributed by atoms with E-state index < -0.39 is 0 Å². The zero-order chi connectivity index (χ0) is 15.3. The molecule has 4 heteroatoms. The van der Waals surface area contributed by atoms with Crippen molar-refractivity contribution in [3.05, 3.63) is 74.7 Å². The summed E-state index contributed by atoms with van der Waals surface area (Å²) in [6, 6.07) is 12.1. The van der Waals surface area contributed by atoms with Crippen molar-refractivity contribution >= 4 is 40.5 Å². The van der Waals surface area contributed by atoms with Crippen LogP contribution < -0.4 is 5.32 Å². The Morgan fingerprint density at radius 1 is 1.00 bits per heavy atom. The molecule has 1 N–H and O–H groups in total. The van der Waals surface area contributed by atoms with Crippen LogP contribution >= 0.6 is 34.8 Å². The molecule has 0 saturated carbocycles. The van der Waals surface area contributed by atoms with Gasteiger partial charge in [-0.25, -0.2) is 0 Å². The summed E-state index contributed by atoms with van der Waals surface area (Å²) in [6.45, 7) is 0. The lowest BCUT2D eigenvalue weighted by Crippen LogP contribution is -2.29. The van der Waals surface area contributed by atoms with Crippen molar-refractivity contribution in [3.8, 4) is 0 Å². The summed E-state index contributed by atoms with van der Waals surface area (Å²) < 4.78 is 0. The van der Waals surface area contributed by atoms with Gasteiger partial charge in [-0.2, -0.15) is 0 Å². The maximum atomic E-state index is 6.45. The summed E-state index contributed by atoms with van der Waals surface area (Å²) in [5.74, 6) is 0.773. The zero-order valence-electron chi connectivity index (χ0n) is 11.7. The third-order valence-corrected chi connectivity index (χ3v) is 5.35. The second kappa shape index (κ2) is 5.49. The van der Waals surface area contributed by atoms with E-state index in [0.717, 1.165) is 27.7 Å². The second-order valence-electron chi connectivity index (χ2n) is 5.88. The van der Waals surface area contributed by atoms with Crippen LogP contribution in [0.5, 0.6) is 0 Å². The second-order valence-corrected chi connectivity index (χ2v) is 7.16. The van der Waals surface area contributed by atoms with E-state index in [1.165, 1.54) is 5.56 Å². The van der Waals surface area contributed by atoms with Gasteiger partial charge in [-0.05, 0) is 42.2 Å². The van der Waals surface area contributed by atoms with Crippen molar-refractivity contribution in [2.45, 2.75) is 18.4 Å². The molecule has 1 heterocycles. The third-order valence-electron chi connectivity index (χ3n) is 4.59. The van der Waals surface area contributed by atoms with Crippen LogP contribution in [0, 0.1) is 5.92 Å². The highest BCUT2D eigenvalue weighted by molar-refractivity contribution is 6.35. The van der Waals surface area contributed by atoms with Crippen LogP contribution in [0.1, 0.15) is 29.5 Å². The highest BCUT2D eigenvalue weighted by Crippen LogP contribution is 2.52. The van der Waals surface area contributed by atoms with Crippen LogP contribution in [0.3, 0.4) is 0 Å². The largest absolute Gasteiger partial charge is 0.378 e. The lowest BCUT2D eigenvalue weighted by Gasteiger charge is -2.38.